The molecule has 0 nitrogen and oxygen atoms in total. The maximum absolute atomic E-state index is 2.47. The number of hydrogen-bond donors (Lipinski definition) is 0. The Balaban J connectivity index is 0.954. The Morgan fingerprint density at radius 1 is 0.322 bits per heavy atom. The molecule has 0 radical (unpaired) electrons. The smallest absolute Gasteiger partial charge is 0.0361 e. The average Bonchev–Trinajstić information content (AvgIpc) is 3.91. The Hall–Kier alpha value is -6.58. The van der Waals surface area contributed by atoms with Gasteiger partial charge in [0.05, 0.1) is 0 Å². The van der Waals surface area contributed by atoms with Crippen molar-refractivity contribution in [3.05, 3.63) is 193 Å². The number of hydrogen-bond acceptors (Lipinski definition) is 2. The van der Waals surface area contributed by atoms with Gasteiger partial charge < -0.3 is 0 Å². The third-order valence-electron chi connectivity index (χ3n) is 13.2. The molecule has 0 fully saturated rings. The highest BCUT2D eigenvalue weighted by atomic mass is 32.1. The Kier molecular flexibility index (Phi) is 6.92. The first kappa shape index (κ1) is 33.4. The molecule has 12 aromatic rings. The molecule has 0 atom stereocenters. The molecule has 0 aliphatic heterocycles. The lowest BCUT2D eigenvalue weighted by molar-refractivity contribution is 0.660. The van der Waals surface area contributed by atoms with Crippen LogP contribution < -0.4 is 0 Å². The fourth-order valence-electron chi connectivity index (χ4n) is 10.4. The molecule has 2 heterocycles. The quantitative estimate of drug-likeness (QED) is 0.157. The highest BCUT2D eigenvalue weighted by Crippen LogP contribution is 2.52. The third kappa shape index (κ3) is 4.76. The molecule has 0 N–H and O–H groups in total. The van der Waals surface area contributed by atoms with Crippen LogP contribution in [0.5, 0.6) is 0 Å². The summed E-state index contributed by atoms with van der Waals surface area (Å²) in [5.41, 5.74) is 13.0. The molecule has 2 heteroatoms. The number of fused-ring (bicyclic) bond motifs is 13. The second kappa shape index (κ2) is 12.2. The van der Waals surface area contributed by atoms with Crippen LogP contribution in [0.15, 0.2) is 182 Å². The maximum Gasteiger partial charge on any atom is 0.0361 e. The fourth-order valence-corrected chi connectivity index (χ4v) is 12.7. The lowest BCUT2D eigenvalue weighted by Gasteiger charge is -2.22. The van der Waals surface area contributed by atoms with Gasteiger partial charge in [-0.25, -0.2) is 0 Å². The van der Waals surface area contributed by atoms with E-state index in [1.54, 1.807) is 0 Å². The van der Waals surface area contributed by atoms with Crippen molar-refractivity contribution in [1.29, 1.82) is 0 Å². The van der Waals surface area contributed by atoms with Crippen molar-refractivity contribution in [3.63, 3.8) is 0 Å². The molecule has 13 rings (SSSR count). The minimum absolute atomic E-state index is 0.132. The minimum Gasteiger partial charge on any atom is -0.135 e. The highest BCUT2D eigenvalue weighted by Gasteiger charge is 2.36. The van der Waals surface area contributed by atoms with Gasteiger partial charge in [-0.2, -0.15) is 0 Å². The monoisotopic (exact) mass is 784 g/mol. The molecule has 59 heavy (non-hydrogen) atoms. The second-order valence-electron chi connectivity index (χ2n) is 16.8. The topological polar surface area (TPSA) is 0 Å². The molecule has 0 saturated heterocycles. The summed E-state index contributed by atoms with van der Waals surface area (Å²) in [5, 5.41) is 13.2. The molecule has 0 amide bonds. The van der Waals surface area contributed by atoms with Crippen LogP contribution in [0.4, 0.5) is 0 Å². The van der Waals surface area contributed by atoms with E-state index in [4.69, 9.17) is 0 Å². The van der Waals surface area contributed by atoms with E-state index >= 15 is 0 Å². The molecule has 0 saturated carbocycles. The second-order valence-corrected chi connectivity index (χ2v) is 18.9. The first-order chi connectivity index (χ1) is 29.0. The number of rotatable bonds is 3. The van der Waals surface area contributed by atoms with E-state index in [0.29, 0.717) is 0 Å². The van der Waals surface area contributed by atoms with Gasteiger partial charge in [0.15, 0.2) is 0 Å². The predicted molar refractivity (Wildman–Crippen MR) is 259 cm³/mol. The summed E-state index contributed by atoms with van der Waals surface area (Å²) in [7, 11) is 0. The van der Waals surface area contributed by atoms with Crippen molar-refractivity contribution < 1.29 is 0 Å². The van der Waals surface area contributed by atoms with Crippen molar-refractivity contribution >= 4 is 95.3 Å². The summed E-state index contributed by atoms with van der Waals surface area (Å²) in [5.74, 6) is 0. The zero-order valence-corrected chi connectivity index (χ0v) is 34.3. The molecule has 0 spiro atoms. The maximum atomic E-state index is 2.47. The van der Waals surface area contributed by atoms with Crippen molar-refractivity contribution in [2.24, 2.45) is 0 Å². The summed E-state index contributed by atoms with van der Waals surface area (Å²) < 4.78 is 5.39. The van der Waals surface area contributed by atoms with Crippen LogP contribution in [0.2, 0.25) is 0 Å². The van der Waals surface area contributed by atoms with Gasteiger partial charge in [0, 0.05) is 45.8 Å². The summed E-state index contributed by atoms with van der Waals surface area (Å²) >= 11 is 3.80. The summed E-state index contributed by atoms with van der Waals surface area (Å²) in [6.45, 7) is 4.80. The number of thiophene rings is 2. The summed E-state index contributed by atoms with van der Waals surface area (Å²) in [6.07, 6.45) is 0. The molecule has 1 aliphatic rings. The first-order valence-corrected chi connectivity index (χ1v) is 22.1. The Labute approximate surface area is 350 Å². The van der Waals surface area contributed by atoms with Crippen molar-refractivity contribution in [1.82, 2.24) is 0 Å². The Bertz CT molecular complexity index is 3690. The Morgan fingerprint density at radius 3 is 1.66 bits per heavy atom. The molecule has 2 aromatic heterocycles. The number of benzene rings is 10. The van der Waals surface area contributed by atoms with Crippen LogP contribution in [0, 0.1) is 0 Å². The average molecular weight is 785 g/mol. The molecular weight excluding hydrogens is 749 g/mol. The van der Waals surface area contributed by atoms with Crippen molar-refractivity contribution in [2.75, 3.05) is 0 Å². The largest absolute Gasteiger partial charge is 0.135 e. The lowest BCUT2D eigenvalue weighted by atomic mass is 9.81. The SMILES string of the molecule is CC1(C)c2ccc(-c3c4ccccc4c(-c4ccccc4)c4ccccc34)cc2-c2ccc(-c3ccc4sc5cc6ccc7sc8ccccc8c7c6cc5c4c3)cc21. The van der Waals surface area contributed by atoms with E-state index in [1.165, 1.54) is 128 Å². The van der Waals surface area contributed by atoms with Crippen LogP contribution in [0.25, 0.3) is 117 Å². The van der Waals surface area contributed by atoms with Crippen LogP contribution >= 0.6 is 22.7 Å². The fraction of sp³-hybridized carbons (Fsp3) is 0.0526. The van der Waals surface area contributed by atoms with Crippen LogP contribution in [-0.4, -0.2) is 0 Å². The van der Waals surface area contributed by atoms with Gasteiger partial charge in [-0.3, -0.25) is 0 Å². The molecule has 0 bridgehead atoms. The zero-order valence-electron chi connectivity index (χ0n) is 32.6. The van der Waals surface area contributed by atoms with Crippen LogP contribution in [0.3, 0.4) is 0 Å². The van der Waals surface area contributed by atoms with Gasteiger partial charge in [0.2, 0.25) is 0 Å². The molecule has 276 valence electrons. The van der Waals surface area contributed by atoms with Gasteiger partial charge in [-0.15, -0.1) is 22.7 Å². The van der Waals surface area contributed by atoms with E-state index in [-0.39, 0.29) is 5.41 Å². The molecular formula is C57H36S2. The summed E-state index contributed by atoms with van der Waals surface area (Å²) in [6, 6.07) is 68.7. The standard InChI is InChI=1S/C57H36S2/c1-57(2)48-25-21-37(55-41-16-8-6-14-39(41)54(33-12-4-3-5-13-33)40-15-7-9-17-42(40)55)29-45(48)38-24-20-35(30-49(38)57)34-22-26-51-46(28-34)47-32-44-36(31-53(47)59-51)23-27-52-56(44)43-18-10-11-19-50(43)58-52/h3-32H,1-2H3. The highest BCUT2D eigenvalue weighted by molar-refractivity contribution is 7.26. The lowest BCUT2D eigenvalue weighted by Crippen LogP contribution is -2.15. The molecule has 1 aliphatic carbocycles. The molecule has 0 unspecified atom stereocenters. The van der Waals surface area contributed by atoms with Gasteiger partial charge in [0.25, 0.3) is 0 Å². The van der Waals surface area contributed by atoms with Gasteiger partial charge in [-0.1, -0.05) is 147 Å². The van der Waals surface area contributed by atoms with E-state index in [1.807, 2.05) is 22.7 Å². The van der Waals surface area contributed by atoms with Gasteiger partial charge in [-0.05, 0) is 136 Å². The third-order valence-corrected chi connectivity index (χ3v) is 15.5. The predicted octanol–water partition coefficient (Wildman–Crippen LogP) is 17.2. The van der Waals surface area contributed by atoms with Gasteiger partial charge in [0.1, 0.15) is 0 Å². The normalized spacial score (nSPS) is 13.4. The van der Waals surface area contributed by atoms with Gasteiger partial charge >= 0.3 is 0 Å². The van der Waals surface area contributed by atoms with Crippen molar-refractivity contribution in [3.8, 4) is 44.5 Å². The van der Waals surface area contributed by atoms with E-state index < -0.39 is 0 Å². The van der Waals surface area contributed by atoms with Crippen LogP contribution in [-0.2, 0) is 5.41 Å². The summed E-state index contributed by atoms with van der Waals surface area (Å²) in [4.78, 5) is 0. The molecule has 10 aromatic carbocycles. The minimum atomic E-state index is -0.132. The zero-order chi connectivity index (χ0) is 39.0. The van der Waals surface area contributed by atoms with Crippen LogP contribution in [0.1, 0.15) is 25.0 Å². The van der Waals surface area contributed by atoms with E-state index in [9.17, 15) is 0 Å². The van der Waals surface area contributed by atoms with E-state index in [2.05, 4.69) is 196 Å². The van der Waals surface area contributed by atoms with Crippen molar-refractivity contribution in [2.45, 2.75) is 19.3 Å². The van der Waals surface area contributed by atoms with E-state index in [0.717, 1.165) is 0 Å². The first-order valence-electron chi connectivity index (χ1n) is 20.5. The Morgan fingerprint density at radius 2 is 0.898 bits per heavy atom.